The van der Waals surface area contributed by atoms with Crippen LogP contribution in [-0.2, 0) is 21.4 Å². The first-order chi connectivity index (χ1) is 12.2. The van der Waals surface area contributed by atoms with Gasteiger partial charge in [0, 0.05) is 11.1 Å². The smallest absolute Gasteiger partial charge is 0.316 e. The minimum atomic E-state index is -0.781. The van der Waals surface area contributed by atoms with Crippen LogP contribution in [0.1, 0.15) is 76.0 Å². The lowest BCUT2D eigenvalue weighted by atomic mass is 9.49. The van der Waals surface area contributed by atoms with E-state index in [0.717, 1.165) is 48.8 Å². The van der Waals surface area contributed by atoms with E-state index in [1.807, 2.05) is 0 Å². The third-order valence-corrected chi connectivity index (χ3v) is 6.82. The fourth-order valence-electron chi connectivity index (χ4n) is 5.67. The van der Waals surface area contributed by atoms with Gasteiger partial charge < -0.3 is 14.6 Å². The molecule has 2 atom stereocenters. The van der Waals surface area contributed by atoms with Gasteiger partial charge in [-0.2, -0.15) is 0 Å². The summed E-state index contributed by atoms with van der Waals surface area (Å²) in [5, 5.41) is 11.3. The van der Waals surface area contributed by atoms with Crippen LogP contribution in [0.5, 0.6) is 11.5 Å². The number of phenols is 1. The van der Waals surface area contributed by atoms with E-state index in [-0.39, 0.29) is 29.0 Å². The summed E-state index contributed by atoms with van der Waals surface area (Å²) in [6.45, 7) is 8.68. The van der Waals surface area contributed by atoms with Crippen molar-refractivity contribution in [2.24, 2.45) is 11.3 Å². The summed E-state index contributed by atoms with van der Waals surface area (Å²) in [4.78, 5) is 13.2. The molecule has 0 heterocycles. The Kier molecular flexibility index (Phi) is 4.74. The fraction of sp³-hybridized carbons (Fsp3) is 0.682. The highest BCUT2D eigenvalue weighted by atomic mass is 16.5. The number of benzene rings is 1. The summed E-state index contributed by atoms with van der Waals surface area (Å²) >= 11 is 0. The van der Waals surface area contributed by atoms with Crippen LogP contribution >= 0.6 is 0 Å². The summed E-state index contributed by atoms with van der Waals surface area (Å²) in [6.07, 6.45) is 4.58. The van der Waals surface area contributed by atoms with Crippen LogP contribution in [-0.4, -0.2) is 25.3 Å². The molecule has 1 N–H and O–H groups in total. The Morgan fingerprint density at radius 1 is 1.27 bits per heavy atom. The molecule has 2 aliphatic rings. The van der Waals surface area contributed by atoms with Crippen LogP contribution in [0.15, 0.2) is 6.07 Å². The number of aromatic hydroxyl groups is 1. The number of phenolic OH excluding ortho intramolecular Hbond substituents is 1. The number of ether oxygens (including phenoxy) is 2. The summed E-state index contributed by atoms with van der Waals surface area (Å²) in [5.41, 5.74) is 2.08. The van der Waals surface area contributed by atoms with Crippen LogP contribution in [0.2, 0.25) is 0 Å². The monoisotopic (exact) mass is 360 g/mol. The van der Waals surface area contributed by atoms with Crippen LogP contribution in [0.4, 0.5) is 0 Å². The number of hydrogen-bond donors (Lipinski definition) is 1. The molecule has 0 spiro atoms. The number of methoxy groups -OCH3 is 2. The average Bonchev–Trinajstić information content (AvgIpc) is 2.59. The molecular formula is C22H32O4. The van der Waals surface area contributed by atoms with E-state index in [2.05, 4.69) is 33.8 Å². The largest absolute Gasteiger partial charge is 0.504 e. The Morgan fingerprint density at radius 3 is 2.54 bits per heavy atom. The Labute approximate surface area is 156 Å². The van der Waals surface area contributed by atoms with Gasteiger partial charge in [-0.1, -0.05) is 40.2 Å². The molecule has 2 aliphatic carbocycles. The second-order valence-electron chi connectivity index (χ2n) is 8.93. The summed E-state index contributed by atoms with van der Waals surface area (Å²) < 4.78 is 10.9. The Balaban J connectivity index is 2.33. The van der Waals surface area contributed by atoms with Crippen LogP contribution in [0.3, 0.4) is 0 Å². The number of hydrogen-bond acceptors (Lipinski definition) is 4. The molecule has 0 saturated heterocycles. The van der Waals surface area contributed by atoms with Gasteiger partial charge in [0.15, 0.2) is 11.5 Å². The van der Waals surface area contributed by atoms with Crippen LogP contribution in [0.25, 0.3) is 0 Å². The molecule has 1 fully saturated rings. The van der Waals surface area contributed by atoms with Crippen molar-refractivity contribution in [3.63, 3.8) is 0 Å². The van der Waals surface area contributed by atoms with Crippen molar-refractivity contribution in [3.05, 3.63) is 22.8 Å². The maximum Gasteiger partial charge on any atom is 0.316 e. The van der Waals surface area contributed by atoms with Crippen molar-refractivity contribution in [1.82, 2.24) is 0 Å². The zero-order chi connectivity index (χ0) is 19.3. The van der Waals surface area contributed by atoms with E-state index in [1.54, 1.807) is 7.11 Å². The average molecular weight is 360 g/mol. The first kappa shape index (κ1) is 19.1. The number of carbonyl (C=O) groups excluding carboxylic acids is 1. The van der Waals surface area contributed by atoms with Crippen molar-refractivity contribution in [2.75, 3.05) is 14.2 Å². The Morgan fingerprint density at radius 2 is 1.96 bits per heavy atom. The number of esters is 1. The van der Waals surface area contributed by atoms with Gasteiger partial charge in [0.1, 0.15) is 5.41 Å². The lowest BCUT2D eigenvalue weighted by Gasteiger charge is -2.54. The van der Waals surface area contributed by atoms with Crippen molar-refractivity contribution < 1.29 is 19.4 Å². The van der Waals surface area contributed by atoms with Crippen molar-refractivity contribution in [3.8, 4) is 11.5 Å². The van der Waals surface area contributed by atoms with Gasteiger partial charge in [-0.05, 0) is 48.5 Å². The quantitative estimate of drug-likeness (QED) is 0.793. The van der Waals surface area contributed by atoms with Gasteiger partial charge in [-0.3, -0.25) is 4.79 Å². The molecule has 1 aromatic rings. The Hall–Kier alpha value is -1.71. The van der Waals surface area contributed by atoms with Gasteiger partial charge in [0.2, 0.25) is 0 Å². The third kappa shape index (κ3) is 2.52. The highest BCUT2D eigenvalue weighted by Crippen LogP contribution is 2.61. The second-order valence-corrected chi connectivity index (χ2v) is 8.93. The Bertz CT molecular complexity index is 719. The van der Waals surface area contributed by atoms with Crippen LogP contribution < -0.4 is 4.74 Å². The molecule has 0 bridgehead atoms. The highest BCUT2D eigenvalue weighted by molar-refractivity contribution is 5.87. The maximum absolute atomic E-state index is 13.2. The number of fused-ring (bicyclic) bond motifs is 3. The van der Waals surface area contributed by atoms with E-state index in [0.29, 0.717) is 5.75 Å². The minimum absolute atomic E-state index is 0.0283. The van der Waals surface area contributed by atoms with Crippen LogP contribution in [0, 0.1) is 11.3 Å². The molecule has 4 heteroatoms. The first-order valence-corrected chi connectivity index (χ1v) is 9.72. The van der Waals surface area contributed by atoms with Gasteiger partial charge in [0.05, 0.1) is 14.2 Å². The van der Waals surface area contributed by atoms with E-state index < -0.39 is 5.41 Å². The SMILES string of the molecule is COC(=O)[C@]12CCCC(C)(C)[C@@H]1CCc1cc(C(C)C)c(OC)c(O)c12. The number of aryl methyl sites for hydroxylation is 1. The minimum Gasteiger partial charge on any atom is -0.504 e. The molecule has 0 radical (unpaired) electrons. The zero-order valence-electron chi connectivity index (χ0n) is 16.9. The molecule has 4 nitrogen and oxygen atoms in total. The molecular weight excluding hydrogens is 328 g/mol. The molecule has 0 aromatic heterocycles. The van der Waals surface area contributed by atoms with Crippen molar-refractivity contribution in [2.45, 2.75) is 71.1 Å². The molecule has 1 saturated carbocycles. The van der Waals surface area contributed by atoms with Crippen molar-refractivity contribution in [1.29, 1.82) is 0 Å². The highest BCUT2D eigenvalue weighted by Gasteiger charge is 2.59. The molecule has 1 aromatic carbocycles. The van der Waals surface area contributed by atoms with E-state index in [1.165, 1.54) is 7.11 Å². The summed E-state index contributed by atoms with van der Waals surface area (Å²) in [7, 11) is 3.05. The molecule has 3 rings (SSSR count). The number of rotatable bonds is 3. The third-order valence-electron chi connectivity index (χ3n) is 6.82. The van der Waals surface area contributed by atoms with E-state index >= 15 is 0 Å². The standard InChI is InChI=1S/C22H32O4/c1-13(2)15-12-14-8-9-16-21(3,4)10-7-11-22(16,20(24)26-6)17(14)18(23)19(15)25-5/h12-13,16,23H,7-11H2,1-6H3/t16-,22+/m0/s1. The van der Waals surface area contributed by atoms with Gasteiger partial charge in [-0.25, -0.2) is 0 Å². The van der Waals surface area contributed by atoms with Gasteiger partial charge in [0.25, 0.3) is 0 Å². The van der Waals surface area contributed by atoms with Crippen molar-refractivity contribution >= 4 is 5.97 Å². The summed E-state index contributed by atoms with van der Waals surface area (Å²) in [6, 6.07) is 2.14. The molecule has 0 unspecified atom stereocenters. The predicted molar refractivity (Wildman–Crippen MR) is 102 cm³/mol. The molecule has 0 aliphatic heterocycles. The lowest BCUT2D eigenvalue weighted by molar-refractivity contribution is -0.156. The lowest BCUT2D eigenvalue weighted by Crippen LogP contribution is -2.54. The van der Waals surface area contributed by atoms with Gasteiger partial charge in [-0.15, -0.1) is 0 Å². The summed E-state index contributed by atoms with van der Waals surface area (Å²) in [5.74, 6) is 0.818. The normalized spacial score (nSPS) is 26.8. The second kappa shape index (κ2) is 6.47. The first-order valence-electron chi connectivity index (χ1n) is 9.72. The number of carbonyl (C=O) groups is 1. The maximum atomic E-state index is 13.2. The molecule has 144 valence electrons. The topological polar surface area (TPSA) is 55.8 Å². The molecule has 0 amide bonds. The van der Waals surface area contributed by atoms with Gasteiger partial charge >= 0.3 is 5.97 Å². The van der Waals surface area contributed by atoms with E-state index in [9.17, 15) is 9.90 Å². The zero-order valence-corrected chi connectivity index (χ0v) is 16.9. The fourth-order valence-corrected chi connectivity index (χ4v) is 5.67. The predicted octanol–water partition coefficient (Wildman–Crippen LogP) is 4.71. The molecule has 26 heavy (non-hydrogen) atoms. The van der Waals surface area contributed by atoms with E-state index in [4.69, 9.17) is 9.47 Å².